The number of methoxy groups -OCH3 is 1. The Balaban J connectivity index is 2.32. The Kier molecular flexibility index (Phi) is 4.50. The zero-order chi connectivity index (χ0) is 14.7. The van der Waals surface area contributed by atoms with Crippen LogP contribution in [0.1, 0.15) is 23.0 Å². The number of ether oxygens (including phenoxy) is 1. The fourth-order valence-electron chi connectivity index (χ4n) is 2.58. The molecule has 1 atom stereocenters. The largest absolute Gasteiger partial charge is 0.497 e. The van der Waals surface area contributed by atoms with Crippen molar-refractivity contribution in [1.82, 2.24) is 9.47 Å². The molecule has 2 aromatic rings. The van der Waals surface area contributed by atoms with Crippen LogP contribution in [0, 0.1) is 13.8 Å². The van der Waals surface area contributed by atoms with Gasteiger partial charge < -0.3 is 14.2 Å². The highest BCUT2D eigenvalue weighted by molar-refractivity contribution is 5.30. The molecule has 2 rings (SSSR count). The number of hydrogen-bond donors (Lipinski definition) is 0. The first kappa shape index (κ1) is 14.7. The summed E-state index contributed by atoms with van der Waals surface area (Å²) >= 11 is 0. The van der Waals surface area contributed by atoms with E-state index in [2.05, 4.69) is 67.7 Å². The van der Waals surface area contributed by atoms with E-state index in [1.54, 1.807) is 7.11 Å². The van der Waals surface area contributed by atoms with E-state index < -0.39 is 0 Å². The third-order valence-corrected chi connectivity index (χ3v) is 3.87. The Morgan fingerprint density at radius 2 is 1.75 bits per heavy atom. The maximum Gasteiger partial charge on any atom is 0.119 e. The molecule has 3 heteroatoms. The lowest BCUT2D eigenvalue weighted by molar-refractivity contribution is 0.266. The third-order valence-electron chi connectivity index (χ3n) is 3.87. The van der Waals surface area contributed by atoms with E-state index in [9.17, 15) is 0 Å². The quantitative estimate of drug-likeness (QED) is 0.830. The zero-order valence-corrected chi connectivity index (χ0v) is 13.1. The smallest absolute Gasteiger partial charge is 0.119 e. The predicted molar refractivity (Wildman–Crippen MR) is 83.3 cm³/mol. The Hall–Kier alpha value is -1.74. The minimum atomic E-state index is 0.329. The van der Waals surface area contributed by atoms with Gasteiger partial charge in [0.1, 0.15) is 5.75 Å². The van der Waals surface area contributed by atoms with Gasteiger partial charge in [-0.15, -0.1) is 0 Å². The molecule has 0 radical (unpaired) electrons. The predicted octanol–water partition coefficient (Wildman–Crippen LogP) is 3.42. The van der Waals surface area contributed by atoms with Crippen molar-refractivity contribution in [2.75, 3.05) is 21.2 Å². The van der Waals surface area contributed by atoms with Crippen molar-refractivity contribution in [3.63, 3.8) is 0 Å². The van der Waals surface area contributed by atoms with E-state index in [0.29, 0.717) is 6.04 Å². The van der Waals surface area contributed by atoms with Gasteiger partial charge in [0.2, 0.25) is 0 Å². The van der Waals surface area contributed by atoms with Gasteiger partial charge in [-0.1, -0.05) is 12.1 Å². The molecule has 1 heterocycles. The number of hydrogen-bond acceptors (Lipinski definition) is 2. The number of benzene rings is 1. The number of likely N-dealkylation sites (N-methyl/N-ethyl adjacent to an activating group) is 1. The summed E-state index contributed by atoms with van der Waals surface area (Å²) in [5.74, 6) is 0.912. The minimum Gasteiger partial charge on any atom is -0.497 e. The molecular weight excluding hydrogens is 248 g/mol. The van der Waals surface area contributed by atoms with Crippen LogP contribution in [0.2, 0.25) is 0 Å². The fourth-order valence-corrected chi connectivity index (χ4v) is 2.58. The first-order valence-corrected chi connectivity index (χ1v) is 6.96. The molecule has 0 aliphatic heterocycles. The molecule has 20 heavy (non-hydrogen) atoms. The third kappa shape index (κ3) is 3.05. The zero-order valence-electron chi connectivity index (χ0n) is 13.1. The molecule has 3 nitrogen and oxygen atoms in total. The molecule has 1 aromatic heterocycles. The van der Waals surface area contributed by atoms with Gasteiger partial charge in [-0.25, -0.2) is 0 Å². The number of nitrogens with zero attached hydrogens (tertiary/aromatic N) is 2. The molecule has 0 saturated heterocycles. The molecule has 0 amide bonds. The van der Waals surface area contributed by atoms with Gasteiger partial charge in [-0.05, 0) is 57.8 Å². The van der Waals surface area contributed by atoms with Crippen LogP contribution in [0.15, 0.2) is 36.4 Å². The molecule has 108 valence electrons. The summed E-state index contributed by atoms with van der Waals surface area (Å²) in [6.07, 6.45) is 0. The van der Waals surface area contributed by atoms with E-state index in [-0.39, 0.29) is 0 Å². The second-order valence-electron chi connectivity index (χ2n) is 5.48. The highest BCUT2D eigenvalue weighted by Gasteiger charge is 2.17. The molecule has 0 N–H and O–H groups in total. The second-order valence-corrected chi connectivity index (χ2v) is 5.48. The van der Waals surface area contributed by atoms with Crippen LogP contribution >= 0.6 is 0 Å². The molecule has 0 bridgehead atoms. The molecule has 1 unspecified atom stereocenters. The molecule has 0 aliphatic carbocycles. The maximum absolute atomic E-state index is 5.34. The van der Waals surface area contributed by atoms with Crippen molar-refractivity contribution in [3.8, 4) is 5.75 Å². The topological polar surface area (TPSA) is 17.4 Å². The maximum atomic E-state index is 5.34. The minimum absolute atomic E-state index is 0.329. The van der Waals surface area contributed by atoms with Crippen LogP contribution in [0.4, 0.5) is 0 Å². The highest BCUT2D eigenvalue weighted by atomic mass is 16.5. The van der Waals surface area contributed by atoms with Gasteiger partial charge in [-0.2, -0.15) is 0 Å². The Labute approximate surface area is 121 Å². The molecule has 0 fully saturated rings. The van der Waals surface area contributed by atoms with Crippen molar-refractivity contribution >= 4 is 0 Å². The molecule has 0 saturated carbocycles. The standard InChI is InChI=1S/C17H24N2O/c1-13-9-10-14(2)19(13)12-17(18(3)4)15-7-6-8-16(11-15)20-5/h6-11,17H,12H2,1-5H3. The first-order valence-electron chi connectivity index (χ1n) is 6.96. The van der Waals surface area contributed by atoms with Crippen molar-refractivity contribution in [2.45, 2.75) is 26.4 Å². The van der Waals surface area contributed by atoms with E-state index in [1.807, 2.05) is 6.07 Å². The van der Waals surface area contributed by atoms with E-state index in [0.717, 1.165) is 12.3 Å². The van der Waals surface area contributed by atoms with Gasteiger partial charge in [0.05, 0.1) is 13.2 Å². The molecule has 0 aliphatic rings. The van der Waals surface area contributed by atoms with Crippen molar-refractivity contribution in [1.29, 1.82) is 0 Å². The average Bonchev–Trinajstić information content (AvgIpc) is 2.75. The molecule has 1 aromatic carbocycles. The summed E-state index contributed by atoms with van der Waals surface area (Å²) in [6, 6.07) is 13.0. The van der Waals surface area contributed by atoms with Crippen molar-refractivity contribution < 1.29 is 4.74 Å². The first-order chi connectivity index (χ1) is 9.52. The Morgan fingerprint density at radius 3 is 2.30 bits per heavy atom. The van der Waals surface area contributed by atoms with Crippen LogP contribution in [0.25, 0.3) is 0 Å². The number of aromatic nitrogens is 1. The monoisotopic (exact) mass is 272 g/mol. The average molecular weight is 272 g/mol. The van der Waals surface area contributed by atoms with Crippen molar-refractivity contribution in [2.24, 2.45) is 0 Å². The number of aryl methyl sites for hydroxylation is 2. The van der Waals surface area contributed by atoms with Gasteiger partial charge in [0.15, 0.2) is 0 Å². The van der Waals surface area contributed by atoms with Gasteiger partial charge in [0, 0.05) is 17.9 Å². The summed E-state index contributed by atoms with van der Waals surface area (Å²) in [5, 5.41) is 0. The van der Waals surface area contributed by atoms with E-state index in [1.165, 1.54) is 17.0 Å². The highest BCUT2D eigenvalue weighted by Crippen LogP contribution is 2.25. The normalized spacial score (nSPS) is 12.7. The van der Waals surface area contributed by atoms with Gasteiger partial charge in [-0.3, -0.25) is 0 Å². The lowest BCUT2D eigenvalue weighted by Crippen LogP contribution is -2.25. The summed E-state index contributed by atoms with van der Waals surface area (Å²) < 4.78 is 7.71. The van der Waals surface area contributed by atoms with Crippen molar-refractivity contribution in [3.05, 3.63) is 53.3 Å². The van der Waals surface area contributed by atoms with Crippen LogP contribution in [0.3, 0.4) is 0 Å². The van der Waals surface area contributed by atoms with Crippen LogP contribution in [-0.2, 0) is 6.54 Å². The van der Waals surface area contributed by atoms with Crippen LogP contribution in [0.5, 0.6) is 5.75 Å². The Morgan fingerprint density at radius 1 is 1.10 bits per heavy atom. The van der Waals surface area contributed by atoms with Gasteiger partial charge >= 0.3 is 0 Å². The van der Waals surface area contributed by atoms with Crippen LogP contribution in [-0.4, -0.2) is 30.7 Å². The second kappa shape index (κ2) is 6.14. The van der Waals surface area contributed by atoms with E-state index in [4.69, 9.17) is 4.74 Å². The lowest BCUT2D eigenvalue weighted by Gasteiger charge is -2.27. The fraction of sp³-hybridized carbons (Fsp3) is 0.412. The van der Waals surface area contributed by atoms with Gasteiger partial charge in [0.25, 0.3) is 0 Å². The SMILES string of the molecule is COc1cccc(C(Cn2c(C)ccc2C)N(C)C)c1. The summed E-state index contributed by atoms with van der Waals surface area (Å²) in [4.78, 5) is 2.26. The van der Waals surface area contributed by atoms with Crippen LogP contribution < -0.4 is 4.74 Å². The lowest BCUT2D eigenvalue weighted by atomic mass is 10.1. The summed E-state index contributed by atoms with van der Waals surface area (Å²) in [6.45, 7) is 5.27. The summed E-state index contributed by atoms with van der Waals surface area (Å²) in [5.41, 5.74) is 3.89. The Bertz CT molecular complexity index is 553. The summed E-state index contributed by atoms with van der Waals surface area (Å²) in [7, 11) is 5.96. The number of rotatable bonds is 5. The molecular formula is C17H24N2O. The van der Waals surface area contributed by atoms with E-state index >= 15 is 0 Å². The molecule has 0 spiro atoms.